The molecule has 1 aromatic rings. The van der Waals surface area contributed by atoms with Gasteiger partial charge in [-0.15, -0.1) is 0 Å². The van der Waals surface area contributed by atoms with Crippen LogP contribution in [-0.4, -0.2) is 37.0 Å². The molecule has 2 aliphatic rings. The maximum Gasteiger partial charge on any atom is 0.0941 e. The highest BCUT2D eigenvalue weighted by molar-refractivity contribution is 5.15. The van der Waals surface area contributed by atoms with Gasteiger partial charge in [-0.1, -0.05) is 49.6 Å². The lowest BCUT2D eigenvalue weighted by atomic mass is 9.80. The molecular weight excluding hydrogens is 286 g/mol. The van der Waals surface area contributed by atoms with Crippen LogP contribution in [0.3, 0.4) is 0 Å². The molecule has 1 heterocycles. The van der Waals surface area contributed by atoms with Crippen molar-refractivity contribution in [1.82, 2.24) is 5.32 Å². The van der Waals surface area contributed by atoms with E-state index in [0.29, 0.717) is 6.04 Å². The Morgan fingerprint density at radius 1 is 1.17 bits per heavy atom. The van der Waals surface area contributed by atoms with Crippen LogP contribution in [0.1, 0.15) is 51.5 Å². The summed E-state index contributed by atoms with van der Waals surface area (Å²) in [4.78, 5) is 0. The molecule has 3 unspecified atom stereocenters. The standard InChI is InChI=1S/C20H31NO2/c1-16(13-18-9-5-3-6-10-18)21-14-19-15-22-20(17(2)23-19)11-7-4-8-12-20/h3,5-6,9-10,16-17,19,21H,4,7-8,11-15H2,1-2H3. The Morgan fingerprint density at radius 2 is 1.91 bits per heavy atom. The topological polar surface area (TPSA) is 30.5 Å². The van der Waals surface area contributed by atoms with Gasteiger partial charge in [-0.3, -0.25) is 0 Å². The molecule has 0 radical (unpaired) electrons. The van der Waals surface area contributed by atoms with E-state index in [4.69, 9.17) is 9.47 Å². The van der Waals surface area contributed by atoms with Crippen LogP contribution in [0, 0.1) is 0 Å². The number of hydrogen-bond acceptors (Lipinski definition) is 3. The van der Waals surface area contributed by atoms with Gasteiger partial charge in [0.15, 0.2) is 0 Å². The van der Waals surface area contributed by atoms with Gasteiger partial charge in [0.25, 0.3) is 0 Å². The molecule has 1 aromatic carbocycles. The van der Waals surface area contributed by atoms with E-state index in [0.717, 1.165) is 19.6 Å². The third-order valence-corrected chi connectivity index (χ3v) is 5.47. The van der Waals surface area contributed by atoms with Crippen LogP contribution >= 0.6 is 0 Å². The van der Waals surface area contributed by atoms with Crippen LogP contribution in [0.15, 0.2) is 30.3 Å². The number of ether oxygens (including phenoxy) is 2. The van der Waals surface area contributed by atoms with Crippen molar-refractivity contribution < 1.29 is 9.47 Å². The van der Waals surface area contributed by atoms with E-state index in [2.05, 4.69) is 49.5 Å². The highest BCUT2D eigenvalue weighted by Gasteiger charge is 2.43. The zero-order valence-corrected chi connectivity index (χ0v) is 14.6. The number of benzene rings is 1. The van der Waals surface area contributed by atoms with E-state index in [-0.39, 0.29) is 17.8 Å². The van der Waals surface area contributed by atoms with Crippen molar-refractivity contribution in [3.63, 3.8) is 0 Å². The van der Waals surface area contributed by atoms with E-state index < -0.39 is 0 Å². The minimum atomic E-state index is 0.00437. The normalized spacial score (nSPS) is 28.6. The van der Waals surface area contributed by atoms with Crippen molar-refractivity contribution >= 4 is 0 Å². The molecule has 1 saturated heterocycles. The van der Waals surface area contributed by atoms with E-state index in [1.165, 1.54) is 37.7 Å². The second kappa shape index (κ2) is 7.78. The summed E-state index contributed by atoms with van der Waals surface area (Å²) in [6, 6.07) is 11.1. The summed E-state index contributed by atoms with van der Waals surface area (Å²) in [7, 11) is 0. The number of nitrogens with one attached hydrogen (secondary N) is 1. The fourth-order valence-corrected chi connectivity index (χ4v) is 4.01. The van der Waals surface area contributed by atoms with Gasteiger partial charge in [0, 0.05) is 12.6 Å². The van der Waals surface area contributed by atoms with Gasteiger partial charge in [0.1, 0.15) is 0 Å². The highest BCUT2D eigenvalue weighted by Crippen LogP contribution is 2.38. The molecule has 1 aliphatic heterocycles. The molecular formula is C20H31NO2. The molecule has 3 nitrogen and oxygen atoms in total. The first-order chi connectivity index (χ1) is 11.2. The molecule has 0 aromatic heterocycles. The molecule has 3 heteroatoms. The lowest BCUT2D eigenvalue weighted by Crippen LogP contribution is -2.55. The zero-order valence-electron chi connectivity index (χ0n) is 14.6. The van der Waals surface area contributed by atoms with Gasteiger partial charge in [-0.2, -0.15) is 0 Å². The summed E-state index contributed by atoms with van der Waals surface area (Å²) >= 11 is 0. The summed E-state index contributed by atoms with van der Waals surface area (Å²) in [6.07, 6.45) is 7.68. The van der Waals surface area contributed by atoms with E-state index in [1.54, 1.807) is 0 Å². The van der Waals surface area contributed by atoms with Crippen molar-refractivity contribution in [2.75, 3.05) is 13.2 Å². The Balaban J connectivity index is 1.43. The van der Waals surface area contributed by atoms with E-state index in [1.807, 2.05) is 0 Å². The van der Waals surface area contributed by atoms with E-state index >= 15 is 0 Å². The fourth-order valence-electron chi connectivity index (χ4n) is 4.01. The lowest BCUT2D eigenvalue weighted by molar-refractivity contribution is -0.238. The van der Waals surface area contributed by atoms with Crippen molar-refractivity contribution in [1.29, 1.82) is 0 Å². The molecule has 1 spiro atoms. The summed E-state index contributed by atoms with van der Waals surface area (Å²) < 4.78 is 12.6. The van der Waals surface area contributed by atoms with Crippen LogP contribution in [0.25, 0.3) is 0 Å². The minimum Gasteiger partial charge on any atom is -0.370 e. The zero-order chi connectivity index (χ0) is 16.1. The average molecular weight is 317 g/mol. The smallest absolute Gasteiger partial charge is 0.0941 e. The molecule has 3 rings (SSSR count). The third kappa shape index (κ3) is 4.34. The average Bonchev–Trinajstić information content (AvgIpc) is 2.58. The summed E-state index contributed by atoms with van der Waals surface area (Å²) in [6.45, 7) is 6.04. The third-order valence-electron chi connectivity index (χ3n) is 5.47. The maximum absolute atomic E-state index is 6.32. The van der Waals surface area contributed by atoms with Crippen LogP contribution < -0.4 is 5.32 Å². The molecule has 1 aliphatic carbocycles. The van der Waals surface area contributed by atoms with Crippen LogP contribution in [0.5, 0.6) is 0 Å². The first-order valence-corrected chi connectivity index (χ1v) is 9.25. The molecule has 1 N–H and O–H groups in total. The van der Waals surface area contributed by atoms with Crippen molar-refractivity contribution in [3.05, 3.63) is 35.9 Å². The predicted molar refractivity (Wildman–Crippen MR) is 93.7 cm³/mol. The minimum absolute atomic E-state index is 0.00437. The molecule has 0 amide bonds. The second-order valence-electron chi connectivity index (χ2n) is 7.34. The van der Waals surface area contributed by atoms with Gasteiger partial charge in [-0.05, 0) is 38.7 Å². The SMILES string of the molecule is CC(Cc1ccccc1)NCC1COC2(CCCCC2)C(C)O1. The summed E-state index contributed by atoms with van der Waals surface area (Å²) in [5.74, 6) is 0. The van der Waals surface area contributed by atoms with Crippen LogP contribution in [-0.2, 0) is 15.9 Å². The molecule has 0 bridgehead atoms. The second-order valence-corrected chi connectivity index (χ2v) is 7.34. The van der Waals surface area contributed by atoms with Gasteiger partial charge in [-0.25, -0.2) is 0 Å². The first kappa shape index (κ1) is 16.9. The predicted octanol–water partition coefficient (Wildman–Crippen LogP) is 3.71. The van der Waals surface area contributed by atoms with Gasteiger partial charge < -0.3 is 14.8 Å². The quantitative estimate of drug-likeness (QED) is 0.898. The number of hydrogen-bond donors (Lipinski definition) is 1. The molecule has 23 heavy (non-hydrogen) atoms. The van der Waals surface area contributed by atoms with Crippen molar-refractivity contribution in [3.8, 4) is 0 Å². The van der Waals surface area contributed by atoms with Crippen LogP contribution in [0.4, 0.5) is 0 Å². The fraction of sp³-hybridized carbons (Fsp3) is 0.700. The number of rotatable bonds is 5. The van der Waals surface area contributed by atoms with Gasteiger partial charge in [0.05, 0.1) is 24.4 Å². The van der Waals surface area contributed by atoms with Crippen molar-refractivity contribution in [2.24, 2.45) is 0 Å². The Bertz CT molecular complexity index is 470. The summed E-state index contributed by atoms with van der Waals surface area (Å²) in [5.41, 5.74) is 1.38. The van der Waals surface area contributed by atoms with Crippen LogP contribution in [0.2, 0.25) is 0 Å². The highest BCUT2D eigenvalue weighted by atomic mass is 16.6. The largest absolute Gasteiger partial charge is 0.370 e. The maximum atomic E-state index is 6.32. The molecule has 2 fully saturated rings. The molecule has 3 atom stereocenters. The summed E-state index contributed by atoms with van der Waals surface area (Å²) in [5, 5.41) is 3.61. The lowest BCUT2D eigenvalue weighted by Gasteiger charge is -2.47. The van der Waals surface area contributed by atoms with Crippen molar-refractivity contribution in [2.45, 2.75) is 76.2 Å². The Kier molecular flexibility index (Phi) is 5.73. The Hall–Kier alpha value is -0.900. The Labute approximate surface area is 140 Å². The van der Waals surface area contributed by atoms with Gasteiger partial charge in [0.2, 0.25) is 0 Å². The monoisotopic (exact) mass is 317 g/mol. The van der Waals surface area contributed by atoms with E-state index in [9.17, 15) is 0 Å². The van der Waals surface area contributed by atoms with Gasteiger partial charge >= 0.3 is 0 Å². The first-order valence-electron chi connectivity index (χ1n) is 9.25. The molecule has 128 valence electrons. The Morgan fingerprint density at radius 3 is 2.61 bits per heavy atom. The molecule has 1 saturated carbocycles.